The summed E-state index contributed by atoms with van der Waals surface area (Å²) in [6, 6.07) is 46.8. The Bertz CT molecular complexity index is 1680. The van der Waals surface area contributed by atoms with Gasteiger partial charge in [-0.2, -0.15) is 0 Å². The molecule has 6 rings (SSSR count). The zero-order chi connectivity index (χ0) is 34.4. The summed E-state index contributed by atoms with van der Waals surface area (Å²) >= 11 is 0. The van der Waals surface area contributed by atoms with Crippen LogP contribution in [0.5, 0.6) is 11.5 Å². The Morgan fingerprint density at radius 1 is 0.540 bits per heavy atom. The molecular weight excluding hydrogens is 655 g/mol. The van der Waals surface area contributed by atoms with Crippen LogP contribution in [0.15, 0.2) is 152 Å². The molecule has 0 spiro atoms. The average molecular weight is 697 g/mol. The third-order valence-electron chi connectivity index (χ3n) is 7.96. The number of phosphoric ester groups is 1. The summed E-state index contributed by atoms with van der Waals surface area (Å²) < 4.78 is 64.9. The Morgan fingerprint density at radius 3 is 1.42 bits per heavy atom. The van der Waals surface area contributed by atoms with E-state index in [-0.39, 0.29) is 19.8 Å². The van der Waals surface area contributed by atoms with Crippen molar-refractivity contribution in [2.24, 2.45) is 0 Å². The van der Waals surface area contributed by atoms with Crippen molar-refractivity contribution in [1.82, 2.24) is 0 Å². The van der Waals surface area contributed by atoms with Gasteiger partial charge >= 0.3 is 7.82 Å². The molecule has 0 aliphatic carbocycles. The van der Waals surface area contributed by atoms with Gasteiger partial charge in [-0.15, -0.1) is 0 Å². The molecule has 1 aliphatic rings. The highest BCUT2D eigenvalue weighted by Crippen LogP contribution is 2.52. The van der Waals surface area contributed by atoms with Crippen molar-refractivity contribution in [2.75, 3.05) is 13.7 Å². The lowest BCUT2D eigenvalue weighted by atomic mass is 9.98. The molecule has 0 N–H and O–H groups in total. The van der Waals surface area contributed by atoms with E-state index in [1.54, 1.807) is 48.5 Å². The Morgan fingerprint density at radius 2 is 0.960 bits per heavy atom. The van der Waals surface area contributed by atoms with Crippen LogP contribution in [-0.4, -0.2) is 44.4 Å². The summed E-state index contributed by atoms with van der Waals surface area (Å²) in [5.41, 5.74) is 2.90. The number of hydrogen-bond donors (Lipinski definition) is 0. The predicted octanol–water partition coefficient (Wildman–Crippen LogP) is 8.40. The molecule has 0 aromatic heterocycles. The number of ether oxygens (including phenoxy) is 5. The number of rotatable bonds is 17. The van der Waals surface area contributed by atoms with E-state index in [1.165, 1.54) is 7.11 Å². The molecule has 0 saturated carbocycles. The van der Waals surface area contributed by atoms with Gasteiger partial charge in [0.05, 0.1) is 26.4 Å². The Labute approximate surface area is 293 Å². The van der Waals surface area contributed by atoms with Gasteiger partial charge in [0.2, 0.25) is 0 Å². The van der Waals surface area contributed by atoms with E-state index < -0.39 is 38.5 Å². The van der Waals surface area contributed by atoms with Gasteiger partial charge in [-0.1, -0.05) is 127 Å². The third kappa shape index (κ3) is 10.1. The number of phosphoric acid groups is 1. The van der Waals surface area contributed by atoms with Crippen LogP contribution in [-0.2, 0) is 52.6 Å². The number of methoxy groups -OCH3 is 1. The van der Waals surface area contributed by atoms with Crippen molar-refractivity contribution in [2.45, 2.75) is 50.5 Å². The first-order valence-electron chi connectivity index (χ1n) is 16.5. The van der Waals surface area contributed by atoms with Crippen molar-refractivity contribution in [3.8, 4) is 11.5 Å². The molecule has 1 fully saturated rings. The first-order valence-corrected chi connectivity index (χ1v) is 17.9. The molecule has 1 aliphatic heterocycles. The minimum Gasteiger partial charge on any atom is -0.395 e. The molecule has 5 aromatic rings. The summed E-state index contributed by atoms with van der Waals surface area (Å²) in [6.07, 6.45) is -4.49. The molecule has 5 unspecified atom stereocenters. The highest BCUT2D eigenvalue weighted by atomic mass is 31.2. The summed E-state index contributed by atoms with van der Waals surface area (Å²) in [4.78, 5) is 0. The zero-order valence-corrected chi connectivity index (χ0v) is 28.7. The molecule has 0 bridgehead atoms. The summed E-state index contributed by atoms with van der Waals surface area (Å²) in [5.74, 6) is 0.589. The second-order valence-electron chi connectivity index (χ2n) is 11.6. The number of para-hydroxylation sites is 2. The van der Waals surface area contributed by atoms with Gasteiger partial charge in [0.25, 0.3) is 0 Å². The summed E-state index contributed by atoms with van der Waals surface area (Å²) in [5, 5.41) is 0. The van der Waals surface area contributed by atoms with Gasteiger partial charge < -0.3 is 32.7 Å². The van der Waals surface area contributed by atoms with Crippen LogP contribution in [0.1, 0.15) is 16.7 Å². The largest absolute Gasteiger partial charge is 0.588 e. The lowest BCUT2D eigenvalue weighted by molar-refractivity contribution is -0.309. The smallest absolute Gasteiger partial charge is 0.395 e. The van der Waals surface area contributed by atoms with Crippen LogP contribution < -0.4 is 9.05 Å². The maximum Gasteiger partial charge on any atom is 0.588 e. The van der Waals surface area contributed by atoms with E-state index in [1.807, 2.05) is 103 Å². The van der Waals surface area contributed by atoms with Gasteiger partial charge in [0.1, 0.15) is 29.8 Å². The molecule has 9 nitrogen and oxygen atoms in total. The number of hydrogen-bond acceptors (Lipinski definition) is 9. The second-order valence-corrected chi connectivity index (χ2v) is 13.1. The monoisotopic (exact) mass is 696 g/mol. The molecule has 10 heteroatoms. The Hall–Kier alpha value is -4.31. The minimum atomic E-state index is -4.43. The first kappa shape index (κ1) is 35.5. The van der Waals surface area contributed by atoms with E-state index in [0.29, 0.717) is 18.1 Å². The highest BCUT2D eigenvalue weighted by Gasteiger charge is 2.52. The zero-order valence-electron chi connectivity index (χ0n) is 27.8. The first-order chi connectivity index (χ1) is 24.6. The fourth-order valence-electron chi connectivity index (χ4n) is 5.54. The lowest BCUT2D eigenvalue weighted by Gasteiger charge is -2.45. The van der Waals surface area contributed by atoms with Crippen LogP contribution >= 0.6 is 7.82 Å². The molecule has 0 radical (unpaired) electrons. The second kappa shape index (κ2) is 18.1. The third-order valence-corrected chi connectivity index (χ3v) is 9.33. The fraction of sp³-hybridized carbons (Fsp3) is 0.250. The summed E-state index contributed by atoms with van der Waals surface area (Å²) in [7, 11) is -2.94. The highest BCUT2D eigenvalue weighted by molar-refractivity contribution is 7.49. The number of benzene rings is 5. The normalized spacial score (nSPS) is 20.6. The molecule has 5 aromatic carbocycles. The molecular formula is C40H41O9P. The van der Waals surface area contributed by atoms with Gasteiger partial charge in [-0.3, -0.25) is 4.52 Å². The maximum atomic E-state index is 14.7. The van der Waals surface area contributed by atoms with Crippen molar-refractivity contribution in [1.29, 1.82) is 0 Å². The maximum absolute atomic E-state index is 14.7. The molecule has 5 atom stereocenters. The molecule has 1 heterocycles. The minimum absolute atomic E-state index is 0.158. The standard InChI is InChI=1S/C40H41O9P/c1-42-40-39(49-50(41,47-34-23-13-5-14-24-34)48-35-25-15-6-16-26-35)38(45-29-33-21-11-4-12-22-33)37(44-28-32-19-9-3-10-20-32)36(46-40)30-43-27-31-17-7-2-8-18-31/h2-26,36-40H,27-30H2,1H3. The average Bonchev–Trinajstić information content (AvgIpc) is 3.16. The van der Waals surface area contributed by atoms with E-state index in [4.69, 9.17) is 37.3 Å². The van der Waals surface area contributed by atoms with Crippen LogP contribution in [0.25, 0.3) is 0 Å². The van der Waals surface area contributed by atoms with Crippen molar-refractivity contribution >= 4 is 7.82 Å². The molecule has 1 saturated heterocycles. The van der Waals surface area contributed by atoms with Gasteiger partial charge in [-0.05, 0) is 41.0 Å². The molecule has 50 heavy (non-hydrogen) atoms. The van der Waals surface area contributed by atoms with Gasteiger partial charge in [-0.25, -0.2) is 4.57 Å². The van der Waals surface area contributed by atoms with Crippen LogP contribution in [0, 0.1) is 0 Å². The SMILES string of the molecule is COC1OC(COCc2ccccc2)C(OCc2ccccc2)C(OCc2ccccc2)C1OP(=O)(Oc1ccccc1)Oc1ccccc1. The topological polar surface area (TPSA) is 90.9 Å². The lowest BCUT2D eigenvalue weighted by Crippen LogP contribution is -2.61. The summed E-state index contributed by atoms with van der Waals surface area (Å²) in [6.45, 7) is 0.974. The molecule has 0 amide bonds. The Balaban J connectivity index is 1.33. The van der Waals surface area contributed by atoms with Crippen molar-refractivity contribution < 1.29 is 41.8 Å². The van der Waals surface area contributed by atoms with E-state index in [0.717, 1.165) is 16.7 Å². The van der Waals surface area contributed by atoms with Gasteiger partial charge in [0, 0.05) is 7.11 Å². The van der Waals surface area contributed by atoms with Gasteiger partial charge in [0.15, 0.2) is 12.4 Å². The Kier molecular flexibility index (Phi) is 12.8. The molecule has 260 valence electrons. The van der Waals surface area contributed by atoms with Crippen LogP contribution in [0.2, 0.25) is 0 Å². The van der Waals surface area contributed by atoms with Crippen LogP contribution in [0.3, 0.4) is 0 Å². The van der Waals surface area contributed by atoms with Crippen molar-refractivity contribution in [3.05, 3.63) is 168 Å². The van der Waals surface area contributed by atoms with E-state index in [9.17, 15) is 4.57 Å². The predicted molar refractivity (Wildman–Crippen MR) is 188 cm³/mol. The quantitative estimate of drug-likeness (QED) is 0.0890. The van der Waals surface area contributed by atoms with E-state index in [2.05, 4.69) is 0 Å². The van der Waals surface area contributed by atoms with Crippen LogP contribution in [0.4, 0.5) is 0 Å². The fourth-order valence-corrected chi connectivity index (χ4v) is 6.94. The van der Waals surface area contributed by atoms with Crippen molar-refractivity contribution in [3.63, 3.8) is 0 Å². The van der Waals surface area contributed by atoms with E-state index >= 15 is 0 Å².